The van der Waals surface area contributed by atoms with Crippen molar-refractivity contribution in [3.63, 3.8) is 0 Å². The van der Waals surface area contributed by atoms with Crippen molar-refractivity contribution in [2.45, 2.75) is 19.3 Å². The number of aryl methyl sites for hydroxylation is 1. The number of fused-ring (bicyclic) bond motifs is 1. The summed E-state index contributed by atoms with van der Waals surface area (Å²) in [6.07, 6.45) is -0.0564. The van der Waals surface area contributed by atoms with Crippen molar-refractivity contribution >= 4 is 16.9 Å². The Bertz CT molecular complexity index is 545. The number of hydrogen-bond donors (Lipinski definition) is 3. The smallest absolute Gasteiger partial charge is 0.304 e. The van der Waals surface area contributed by atoms with Crippen molar-refractivity contribution in [1.82, 2.24) is 4.98 Å². The summed E-state index contributed by atoms with van der Waals surface area (Å²) in [7, 11) is 0. The number of aromatic nitrogens is 1. The van der Waals surface area contributed by atoms with E-state index in [9.17, 15) is 9.90 Å². The first kappa shape index (κ1) is 11.7. The number of aliphatic hydroxyl groups is 1. The van der Waals surface area contributed by atoms with Gasteiger partial charge in [-0.25, -0.2) is 0 Å². The lowest BCUT2D eigenvalue weighted by Crippen LogP contribution is -2.10. The predicted molar refractivity (Wildman–Crippen MR) is 65.1 cm³/mol. The van der Waals surface area contributed by atoms with Crippen LogP contribution < -0.4 is 0 Å². The molecule has 0 saturated heterocycles. The molecular formula is C13H15NO3. The molecule has 1 aromatic heterocycles. The standard InChI is InChI=1S/C13H15NO3/c1-8-13(9(7-15)6-12(16)17)10-4-2-3-5-11(10)14-8/h2-5,9,14-15H,6-7H2,1H3,(H,16,17). The highest BCUT2D eigenvalue weighted by molar-refractivity contribution is 5.85. The van der Waals surface area contributed by atoms with Crippen LogP contribution in [-0.2, 0) is 4.79 Å². The van der Waals surface area contributed by atoms with Crippen molar-refractivity contribution in [2.24, 2.45) is 0 Å². The number of carboxylic acids is 1. The van der Waals surface area contributed by atoms with E-state index < -0.39 is 5.97 Å². The molecule has 1 atom stereocenters. The van der Waals surface area contributed by atoms with Crippen LogP contribution in [-0.4, -0.2) is 27.8 Å². The number of aliphatic carboxylic acids is 1. The number of nitrogens with one attached hydrogen (secondary N) is 1. The number of carboxylic acid groups (broad SMARTS) is 1. The molecule has 3 N–H and O–H groups in total. The van der Waals surface area contributed by atoms with Crippen molar-refractivity contribution in [3.8, 4) is 0 Å². The fourth-order valence-electron chi connectivity index (χ4n) is 2.29. The van der Waals surface area contributed by atoms with Gasteiger partial charge < -0.3 is 15.2 Å². The number of H-pyrrole nitrogens is 1. The van der Waals surface area contributed by atoms with E-state index in [0.717, 1.165) is 22.2 Å². The Morgan fingerprint density at radius 3 is 2.76 bits per heavy atom. The summed E-state index contributed by atoms with van der Waals surface area (Å²) < 4.78 is 0. The topological polar surface area (TPSA) is 73.3 Å². The van der Waals surface area contributed by atoms with Gasteiger partial charge >= 0.3 is 5.97 Å². The van der Waals surface area contributed by atoms with Crippen LogP contribution in [0, 0.1) is 6.92 Å². The molecule has 1 unspecified atom stereocenters. The molecule has 17 heavy (non-hydrogen) atoms. The van der Waals surface area contributed by atoms with Crippen LogP contribution >= 0.6 is 0 Å². The Morgan fingerprint density at radius 2 is 2.12 bits per heavy atom. The van der Waals surface area contributed by atoms with Gasteiger partial charge in [0.2, 0.25) is 0 Å². The summed E-state index contributed by atoms with van der Waals surface area (Å²) in [6, 6.07) is 7.72. The summed E-state index contributed by atoms with van der Waals surface area (Å²) in [5.41, 5.74) is 2.81. The molecule has 2 rings (SSSR count). The SMILES string of the molecule is Cc1[nH]c2ccccc2c1C(CO)CC(=O)O. The fraction of sp³-hybridized carbons (Fsp3) is 0.308. The van der Waals surface area contributed by atoms with Gasteiger partial charge in [0.05, 0.1) is 13.0 Å². The molecule has 0 amide bonds. The van der Waals surface area contributed by atoms with E-state index in [0.29, 0.717) is 0 Å². The fourth-order valence-corrected chi connectivity index (χ4v) is 2.29. The van der Waals surface area contributed by atoms with E-state index in [1.54, 1.807) is 0 Å². The van der Waals surface area contributed by atoms with E-state index in [4.69, 9.17) is 5.11 Å². The molecule has 0 spiro atoms. The Kier molecular flexibility index (Phi) is 3.15. The molecular weight excluding hydrogens is 218 g/mol. The van der Waals surface area contributed by atoms with Crippen molar-refractivity contribution in [2.75, 3.05) is 6.61 Å². The first-order chi connectivity index (χ1) is 8.13. The molecule has 0 fully saturated rings. The van der Waals surface area contributed by atoms with Crippen LogP contribution in [0.15, 0.2) is 24.3 Å². The van der Waals surface area contributed by atoms with Crippen LogP contribution in [0.5, 0.6) is 0 Å². The maximum absolute atomic E-state index is 10.8. The van der Waals surface area contributed by atoms with Crippen molar-refractivity contribution in [3.05, 3.63) is 35.5 Å². The summed E-state index contributed by atoms with van der Waals surface area (Å²) in [5, 5.41) is 19.2. The second kappa shape index (κ2) is 4.59. The molecule has 1 heterocycles. The molecule has 0 saturated carbocycles. The average molecular weight is 233 g/mol. The van der Waals surface area contributed by atoms with Gasteiger partial charge in [0, 0.05) is 22.5 Å². The Labute approximate surface area is 98.9 Å². The predicted octanol–water partition coefficient (Wildman–Crippen LogP) is 2.03. The number of aliphatic hydroxyl groups excluding tert-OH is 1. The molecule has 4 nitrogen and oxygen atoms in total. The number of benzene rings is 1. The van der Waals surface area contributed by atoms with Gasteiger partial charge in [-0.05, 0) is 18.6 Å². The zero-order valence-corrected chi connectivity index (χ0v) is 9.60. The molecule has 0 aliphatic rings. The minimum absolute atomic E-state index is 0.0564. The third-order valence-corrected chi connectivity index (χ3v) is 2.99. The van der Waals surface area contributed by atoms with E-state index in [-0.39, 0.29) is 18.9 Å². The summed E-state index contributed by atoms with van der Waals surface area (Å²) >= 11 is 0. The molecule has 0 radical (unpaired) electrons. The minimum atomic E-state index is -0.895. The molecule has 4 heteroatoms. The van der Waals surface area contributed by atoms with Gasteiger partial charge in [-0.2, -0.15) is 0 Å². The van der Waals surface area contributed by atoms with Crippen molar-refractivity contribution < 1.29 is 15.0 Å². The van der Waals surface area contributed by atoms with E-state index in [1.165, 1.54) is 0 Å². The number of para-hydroxylation sites is 1. The highest BCUT2D eigenvalue weighted by Gasteiger charge is 2.20. The molecule has 0 bridgehead atoms. The molecule has 1 aromatic carbocycles. The molecule has 90 valence electrons. The number of carbonyl (C=O) groups is 1. The number of aromatic amines is 1. The van der Waals surface area contributed by atoms with Gasteiger partial charge in [0.1, 0.15) is 0 Å². The van der Waals surface area contributed by atoms with Gasteiger partial charge in [-0.3, -0.25) is 4.79 Å². The Hall–Kier alpha value is -1.81. The largest absolute Gasteiger partial charge is 0.481 e. The van der Waals surface area contributed by atoms with Gasteiger partial charge in [0.25, 0.3) is 0 Å². The van der Waals surface area contributed by atoms with E-state index in [2.05, 4.69) is 4.98 Å². The first-order valence-corrected chi connectivity index (χ1v) is 5.53. The zero-order valence-electron chi connectivity index (χ0n) is 9.60. The third-order valence-electron chi connectivity index (χ3n) is 2.99. The maximum atomic E-state index is 10.8. The first-order valence-electron chi connectivity index (χ1n) is 5.53. The van der Waals surface area contributed by atoms with Crippen LogP contribution in [0.4, 0.5) is 0 Å². The number of rotatable bonds is 4. The van der Waals surface area contributed by atoms with Gasteiger partial charge in [-0.15, -0.1) is 0 Å². The lowest BCUT2D eigenvalue weighted by molar-refractivity contribution is -0.137. The normalized spacial score (nSPS) is 12.8. The molecule has 0 aliphatic carbocycles. The summed E-state index contributed by atoms with van der Waals surface area (Å²) in [4.78, 5) is 14.0. The van der Waals surface area contributed by atoms with Gasteiger partial charge in [0.15, 0.2) is 0 Å². The van der Waals surface area contributed by atoms with E-state index in [1.807, 2.05) is 31.2 Å². The lowest BCUT2D eigenvalue weighted by atomic mass is 9.94. The average Bonchev–Trinajstić information content (AvgIpc) is 2.62. The molecule has 2 aromatic rings. The second-order valence-electron chi connectivity index (χ2n) is 4.19. The van der Waals surface area contributed by atoms with Crippen LogP contribution in [0.1, 0.15) is 23.6 Å². The number of hydrogen-bond acceptors (Lipinski definition) is 2. The third kappa shape index (κ3) is 2.17. The second-order valence-corrected chi connectivity index (χ2v) is 4.19. The quantitative estimate of drug-likeness (QED) is 0.756. The maximum Gasteiger partial charge on any atom is 0.304 e. The summed E-state index contributed by atoms with van der Waals surface area (Å²) in [5.74, 6) is -1.25. The summed E-state index contributed by atoms with van der Waals surface area (Å²) in [6.45, 7) is 1.74. The minimum Gasteiger partial charge on any atom is -0.481 e. The van der Waals surface area contributed by atoms with E-state index >= 15 is 0 Å². The monoisotopic (exact) mass is 233 g/mol. The van der Waals surface area contributed by atoms with Crippen LogP contribution in [0.2, 0.25) is 0 Å². The molecule has 0 aliphatic heterocycles. The van der Waals surface area contributed by atoms with Crippen LogP contribution in [0.3, 0.4) is 0 Å². The van der Waals surface area contributed by atoms with Crippen molar-refractivity contribution in [1.29, 1.82) is 0 Å². The highest BCUT2D eigenvalue weighted by Crippen LogP contribution is 2.30. The van der Waals surface area contributed by atoms with Gasteiger partial charge in [-0.1, -0.05) is 18.2 Å². The van der Waals surface area contributed by atoms with Crippen LogP contribution in [0.25, 0.3) is 10.9 Å². The zero-order chi connectivity index (χ0) is 12.4. The highest BCUT2D eigenvalue weighted by atomic mass is 16.4. The Balaban J connectivity index is 2.52. The lowest BCUT2D eigenvalue weighted by Gasteiger charge is -2.12. The Morgan fingerprint density at radius 1 is 1.41 bits per heavy atom.